The zero-order chi connectivity index (χ0) is 21.7. The maximum absolute atomic E-state index is 12.6. The van der Waals surface area contributed by atoms with Gasteiger partial charge in [-0.15, -0.1) is 0 Å². The van der Waals surface area contributed by atoms with Crippen LogP contribution < -0.4 is 15.4 Å². The maximum atomic E-state index is 12.6. The molecule has 1 fully saturated rings. The van der Waals surface area contributed by atoms with Gasteiger partial charge in [0.05, 0.1) is 0 Å². The Labute approximate surface area is 171 Å². The third kappa shape index (κ3) is 5.02. The first-order valence-electron chi connectivity index (χ1n) is 8.98. The summed E-state index contributed by atoms with van der Waals surface area (Å²) in [5.74, 6) is -2.10. The second-order valence-electron chi connectivity index (χ2n) is 6.51. The lowest BCUT2D eigenvalue weighted by molar-refractivity contribution is -0.139. The molecule has 30 heavy (non-hydrogen) atoms. The number of anilines is 1. The number of carboxylic acid groups (broad SMARTS) is 1. The number of nitrogens with zero attached hydrogens (tertiary/aromatic N) is 1. The molecule has 0 saturated carbocycles. The molecule has 0 spiro atoms. The van der Waals surface area contributed by atoms with E-state index in [1.807, 2.05) is 19.1 Å². The standard InChI is InChI=1S/C21H19N3O6/c1-13-6-8-15(9-7-13)22-18(25)11-24-20(28)16(23-21(24)29)10-14-4-2-3-5-17(14)30-12-19(26)27/h2-10H,11-12H2,1H3,(H,22,25)(H,23,29)(H,26,27)/b16-10+. The molecular formula is C21H19N3O6. The summed E-state index contributed by atoms with van der Waals surface area (Å²) in [5, 5.41) is 13.8. The van der Waals surface area contributed by atoms with Crippen LogP contribution in [0, 0.1) is 6.92 Å². The summed E-state index contributed by atoms with van der Waals surface area (Å²) in [6, 6.07) is 12.8. The molecule has 0 atom stereocenters. The van der Waals surface area contributed by atoms with Crippen LogP contribution in [0.3, 0.4) is 0 Å². The van der Waals surface area contributed by atoms with E-state index in [0.29, 0.717) is 11.3 Å². The number of aliphatic carboxylic acids is 1. The van der Waals surface area contributed by atoms with Crippen LogP contribution in [-0.2, 0) is 14.4 Å². The Bertz CT molecular complexity index is 1030. The molecule has 0 aliphatic carbocycles. The van der Waals surface area contributed by atoms with Gasteiger partial charge in [0.1, 0.15) is 18.0 Å². The second-order valence-corrected chi connectivity index (χ2v) is 6.51. The topological polar surface area (TPSA) is 125 Å². The van der Waals surface area contributed by atoms with E-state index in [9.17, 15) is 19.2 Å². The number of carbonyl (C=O) groups is 4. The molecule has 2 aromatic carbocycles. The van der Waals surface area contributed by atoms with Crippen molar-refractivity contribution in [3.63, 3.8) is 0 Å². The van der Waals surface area contributed by atoms with Gasteiger partial charge in [-0.3, -0.25) is 9.59 Å². The van der Waals surface area contributed by atoms with Gasteiger partial charge in [0.15, 0.2) is 6.61 Å². The molecular weight excluding hydrogens is 390 g/mol. The van der Waals surface area contributed by atoms with Gasteiger partial charge in [0.25, 0.3) is 5.91 Å². The van der Waals surface area contributed by atoms with Crippen molar-refractivity contribution >= 4 is 35.6 Å². The molecule has 3 N–H and O–H groups in total. The van der Waals surface area contributed by atoms with Crippen molar-refractivity contribution in [1.29, 1.82) is 0 Å². The molecule has 9 heteroatoms. The molecule has 154 valence electrons. The molecule has 1 saturated heterocycles. The summed E-state index contributed by atoms with van der Waals surface area (Å²) in [4.78, 5) is 48.5. The van der Waals surface area contributed by atoms with E-state index in [-0.39, 0.29) is 11.4 Å². The van der Waals surface area contributed by atoms with Crippen LogP contribution in [0.2, 0.25) is 0 Å². The predicted octanol–water partition coefficient (Wildman–Crippen LogP) is 1.99. The molecule has 9 nitrogen and oxygen atoms in total. The monoisotopic (exact) mass is 409 g/mol. The molecule has 4 amide bonds. The first kappa shape index (κ1) is 20.6. The highest BCUT2D eigenvalue weighted by Crippen LogP contribution is 2.22. The van der Waals surface area contributed by atoms with Gasteiger partial charge in [0.2, 0.25) is 5.91 Å². The second kappa shape index (κ2) is 8.91. The van der Waals surface area contributed by atoms with E-state index in [1.165, 1.54) is 6.08 Å². The van der Waals surface area contributed by atoms with Gasteiger partial charge < -0.3 is 20.5 Å². The van der Waals surface area contributed by atoms with E-state index >= 15 is 0 Å². The van der Waals surface area contributed by atoms with Crippen LogP contribution in [-0.4, -0.2) is 47.0 Å². The number of amides is 4. The average molecular weight is 409 g/mol. The average Bonchev–Trinajstić information content (AvgIpc) is 2.96. The first-order chi connectivity index (χ1) is 14.3. The SMILES string of the molecule is Cc1ccc(NC(=O)CN2C(=O)N/C(=C/c3ccccc3OCC(=O)O)C2=O)cc1. The molecule has 2 aromatic rings. The fourth-order valence-electron chi connectivity index (χ4n) is 2.72. The van der Waals surface area contributed by atoms with Gasteiger partial charge in [-0.05, 0) is 31.2 Å². The van der Waals surface area contributed by atoms with E-state index in [4.69, 9.17) is 9.84 Å². The number of benzene rings is 2. The molecule has 0 unspecified atom stereocenters. The quantitative estimate of drug-likeness (QED) is 0.474. The highest BCUT2D eigenvalue weighted by molar-refractivity contribution is 6.16. The van der Waals surface area contributed by atoms with Crippen molar-refractivity contribution in [1.82, 2.24) is 10.2 Å². The highest BCUT2D eigenvalue weighted by atomic mass is 16.5. The molecule has 1 aliphatic rings. The van der Waals surface area contributed by atoms with Crippen LogP contribution in [0.25, 0.3) is 6.08 Å². The van der Waals surface area contributed by atoms with Crippen LogP contribution in [0.4, 0.5) is 10.5 Å². The molecule has 0 aromatic heterocycles. The van der Waals surface area contributed by atoms with Crippen LogP contribution in [0.5, 0.6) is 5.75 Å². The Balaban J connectivity index is 1.71. The summed E-state index contributed by atoms with van der Waals surface area (Å²) in [6.07, 6.45) is 1.37. The Kier molecular flexibility index (Phi) is 6.11. The maximum Gasteiger partial charge on any atom is 0.341 e. The third-order valence-corrected chi connectivity index (χ3v) is 4.17. The number of carboxylic acids is 1. The molecule has 1 heterocycles. The molecule has 0 radical (unpaired) electrons. The van der Waals surface area contributed by atoms with Crippen molar-refractivity contribution in [2.45, 2.75) is 6.92 Å². The van der Waals surface area contributed by atoms with Crippen molar-refractivity contribution in [2.75, 3.05) is 18.5 Å². The largest absolute Gasteiger partial charge is 0.481 e. The van der Waals surface area contributed by atoms with E-state index in [0.717, 1.165) is 10.5 Å². The van der Waals surface area contributed by atoms with E-state index < -0.39 is 37.0 Å². The number of hydrogen-bond acceptors (Lipinski definition) is 5. The smallest absolute Gasteiger partial charge is 0.341 e. The van der Waals surface area contributed by atoms with Gasteiger partial charge in [0, 0.05) is 11.3 Å². The fourth-order valence-corrected chi connectivity index (χ4v) is 2.72. The summed E-state index contributed by atoms with van der Waals surface area (Å²) < 4.78 is 5.19. The van der Waals surface area contributed by atoms with Crippen LogP contribution >= 0.6 is 0 Å². The van der Waals surface area contributed by atoms with Crippen molar-refractivity contribution < 1.29 is 29.0 Å². The summed E-state index contributed by atoms with van der Waals surface area (Å²) in [7, 11) is 0. The lowest BCUT2D eigenvalue weighted by Crippen LogP contribution is -2.38. The number of aryl methyl sites for hydroxylation is 1. The van der Waals surface area contributed by atoms with Gasteiger partial charge in [-0.2, -0.15) is 0 Å². The number of imide groups is 1. The number of urea groups is 1. The normalized spacial score (nSPS) is 14.6. The number of para-hydroxylation sites is 1. The molecule has 1 aliphatic heterocycles. The lowest BCUT2D eigenvalue weighted by Gasteiger charge is -2.12. The Morgan fingerprint density at radius 1 is 1.13 bits per heavy atom. The minimum Gasteiger partial charge on any atom is -0.481 e. The number of carbonyl (C=O) groups excluding carboxylic acids is 3. The number of ether oxygens (including phenoxy) is 1. The Hall–Kier alpha value is -4.14. The van der Waals surface area contributed by atoms with Crippen LogP contribution in [0.15, 0.2) is 54.2 Å². The summed E-state index contributed by atoms with van der Waals surface area (Å²) in [6.45, 7) is 0.913. The van der Waals surface area contributed by atoms with E-state index in [1.54, 1.807) is 36.4 Å². The fraction of sp³-hybridized carbons (Fsp3) is 0.143. The zero-order valence-corrected chi connectivity index (χ0v) is 16.0. The third-order valence-electron chi connectivity index (χ3n) is 4.17. The predicted molar refractivity (Wildman–Crippen MR) is 108 cm³/mol. The first-order valence-corrected chi connectivity index (χ1v) is 8.98. The number of hydrogen-bond donors (Lipinski definition) is 3. The van der Waals surface area contributed by atoms with Crippen LogP contribution in [0.1, 0.15) is 11.1 Å². The number of rotatable bonds is 7. The number of nitrogens with one attached hydrogen (secondary N) is 2. The molecule has 3 rings (SSSR count). The van der Waals surface area contributed by atoms with Gasteiger partial charge >= 0.3 is 12.0 Å². The summed E-state index contributed by atoms with van der Waals surface area (Å²) in [5.41, 5.74) is 1.95. The lowest BCUT2D eigenvalue weighted by atomic mass is 10.1. The Morgan fingerprint density at radius 3 is 2.53 bits per heavy atom. The Morgan fingerprint density at radius 2 is 1.83 bits per heavy atom. The van der Waals surface area contributed by atoms with Gasteiger partial charge in [-0.1, -0.05) is 35.9 Å². The highest BCUT2D eigenvalue weighted by Gasteiger charge is 2.35. The van der Waals surface area contributed by atoms with Crippen molar-refractivity contribution in [3.05, 3.63) is 65.4 Å². The summed E-state index contributed by atoms with van der Waals surface area (Å²) >= 11 is 0. The minimum atomic E-state index is -1.14. The zero-order valence-electron chi connectivity index (χ0n) is 16.0. The molecule has 0 bridgehead atoms. The van der Waals surface area contributed by atoms with E-state index in [2.05, 4.69) is 10.6 Å². The van der Waals surface area contributed by atoms with Gasteiger partial charge in [-0.25, -0.2) is 14.5 Å². The van der Waals surface area contributed by atoms with Crippen molar-refractivity contribution in [3.8, 4) is 5.75 Å². The van der Waals surface area contributed by atoms with Crippen molar-refractivity contribution in [2.24, 2.45) is 0 Å². The minimum absolute atomic E-state index is 0.0467.